The maximum Gasteiger partial charge on any atom is 0.416 e. The van der Waals surface area contributed by atoms with Crippen molar-refractivity contribution in [3.63, 3.8) is 0 Å². The first kappa shape index (κ1) is 44.6. The van der Waals surface area contributed by atoms with E-state index < -0.39 is 54.9 Å². The molecule has 18 heteroatoms. The Balaban J connectivity index is 1.19. The van der Waals surface area contributed by atoms with Crippen LogP contribution >= 0.6 is 0 Å². The van der Waals surface area contributed by atoms with Gasteiger partial charge in [-0.2, -0.15) is 13.2 Å². The molecule has 0 radical (unpaired) electrons. The molecule has 3 N–H and O–H groups in total. The van der Waals surface area contributed by atoms with Gasteiger partial charge >= 0.3 is 18.1 Å². The van der Waals surface area contributed by atoms with Crippen molar-refractivity contribution in [3.05, 3.63) is 167 Å². The molecule has 2 heterocycles. The molecule has 0 aliphatic carbocycles. The number of nitrogens with one attached hydrogen (secondary N) is 1. The van der Waals surface area contributed by atoms with Crippen molar-refractivity contribution in [1.29, 1.82) is 0 Å². The molecule has 12 nitrogen and oxygen atoms in total. The number of aromatic nitrogens is 4. The third-order valence-corrected chi connectivity index (χ3v) is 11.0. The van der Waals surface area contributed by atoms with E-state index in [2.05, 4.69) is 10.3 Å². The highest BCUT2D eigenvalue weighted by molar-refractivity contribution is 5.94. The number of halogens is 6. The number of nitrogens with zero attached hydrogens (tertiary/aromatic N) is 5. The van der Waals surface area contributed by atoms with Gasteiger partial charge < -0.3 is 39.0 Å². The summed E-state index contributed by atoms with van der Waals surface area (Å²) in [6, 6.07) is 29.4. The summed E-state index contributed by atoms with van der Waals surface area (Å²) < 4.78 is 105. The molecule has 0 amide bonds. The normalized spacial score (nSPS) is 11.8. The fraction of sp³-hybridized carbons (Fsp3) is 0.167. The monoisotopic (exact) mass is 908 g/mol. The number of hydrogen-bond donors (Lipinski definition) is 3. The zero-order valence-corrected chi connectivity index (χ0v) is 35.0. The van der Waals surface area contributed by atoms with Crippen molar-refractivity contribution < 1.29 is 55.6 Å². The molecule has 66 heavy (non-hydrogen) atoms. The molecule has 0 aliphatic heterocycles. The third kappa shape index (κ3) is 9.02. The number of benzene rings is 6. The summed E-state index contributed by atoms with van der Waals surface area (Å²) in [5.41, 5.74) is 0.0641. The molecular formula is C48H38F6N6O6. The van der Waals surface area contributed by atoms with Crippen LogP contribution in [0.15, 0.2) is 127 Å². The number of anilines is 4. The molecule has 0 saturated heterocycles. The predicted molar refractivity (Wildman–Crippen MR) is 234 cm³/mol. The van der Waals surface area contributed by atoms with Crippen molar-refractivity contribution in [2.45, 2.75) is 31.6 Å². The van der Waals surface area contributed by atoms with Crippen molar-refractivity contribution in [1.82, 2.24) is 19.1 Å². The quantitative estimate of drug-likeness (QED) is 0.0802. The lowest BCUT2D eigenvalue weighted by Crippen LogP contribution is -2.28. The maximum atomic E-state index is 17.1. The Kier molecular flexibility index (Phi) is 12.1. The Hall–Kier alpha value is -8.02. The second kappa shape index (κ2) is 17.9. The minimum Gasteiger partial charge on any atom is -0.497 e. The average molecular weight is 909 g/mol. The van der Waals surface area contributed by atoms with Crippen LogP contribution in [0.2, 0.25) is 0 Å². The van der Waals surface area contributed by atoms with Crippen LogP contribution < -0.4 is 19.7 Å². The molecule has 0 fully saturated rings. The lowest BCUT2D eigenvalue weighted by atomic mass is 9.98. The number of methoxy groups -OCH3 is 2. The standard InChI is InChI=1S/C48H38F6N6O6/c1-65-34-16-14-33(15-17-34)58(46-57-39-24-29(44(63)64)12-19-41(39)60(46)27-31-8-4-6-10-36(31)48(52,53)54)22-21-47(50,51)35-9-5-3-7-30(35)26-59-40-18-11-28(43(61)62)23-38(40)56-45(59)55-32-13-20-42(66-2)37(49)25-32/h3-20,23-25H,21-22,26-27H2,1-2H3,(H,55,56)(H,61,62)(H,63,64). The number of ether oxygens (including phenoxy) is 2. The SMILES string of the molecule is COc1ccc(N(CCC(F)(F)c2ccccc2Cn2c(Nc3ccc(OC)c(F)c3)nc3cc(C(=O)O)ccc32)c2nc3cc(C(=O)O)ccc3n2Cc2ccccc2C(F)(F)F)cc1. The zero-order valence-electron chi connectivity index (χ0n) is 35.0. The largest absolute Gasteiger partial charge is 0.497 e. The molecule has 0 atom stereocenters. The van der Waals surface area contributed by atoms with Gasteiger partial charge in [0.25, 0.3) is 5.92 Å². The Morgan fingerprint density at radius 2 is 1.26 bits per heavy atom. The fourth-order valence-electron chi connectivity index (χ4n) is 7.79. The summed E-state index contributed by atoms with van der Waals surface area (Å²) in [5.74, 6) is -6.26. The zero-order chi connectivity index (χ0) is 46.9. The molecule has 0 spiro atoms. The van der Waals surface area contributed by atoms with E-state index in [0.717, 1.165) is 12.1 Å². The number of carboxylic acids is 2. The van der Waals surface area contributed by atoms with Crippen molar-refractivity contribution in [2.24, 2.45) is 0 Å². The van der Waals surface area contributed by atoms with Crippen molar-refractivity contribution in [2.75, 3.05) is 31.0 Å². The first-order valence-corrected chi connectivity index (χ1v) is 20.1. The van der Waals surface area contributed by atoms with E-state index in [4.69, 9.17) is 14.5 Å². The Morgan fingerprint density at radius 3 is 1.85 bits per heavy atom. The van der Waals surface area contributed by atoms with Gasteiger partial charge in [0.1, 0.15) is 5.75 Å². The first-order valence-electron chi connectivity index (χ1n) is 20.1. The van der Waals surface area contributed by atoms with Gasteiger partial charge in [-0.3, -0.25) is 0 Å². The van der Waals surface area contributed by atoms with Gasteiger partial charge in [0, 0.05) is 36.0 Å². The first-order chi connectivity index (χ1) is 31.5. The fourth-order valence-corrected chi connectivity index (χ4v) is 7.79. The summed E-state index contributed by atoms with van der Waals surface area (Å²) in [6.07, 6.45) is -5.59. The number of rotatable bonds is 16. The molecular weight excluding hydrogens is 871 g/mol. The molecule has 8 rings (SSSR count). The van der Waals surface area contributed by atoms with E-state index >= 15 is 8.78 Å². The number of imidazole rings is 2. The van der Waals surface area contributed by atoms with Gasteiger partial charge in [0.05, 0.1) is 66.1 Å². The Labute approximate surface area is 371 Å². The van der Waals surface area contributed by atoms with Crippen LogP contribution in [-0.4, -0.2) is 62.0 Å². The number of aromatic carboxylic acids is 2. The summed E-state index contributed by atoms with van der Waals surface area (Å²) in [5, 5.41) is 22.5. The van der Waals surface area contributed by atoms with Gasteiger partial charge in [0.2, 0.25) is 11.9 Å². The lowest BCUT2D eigenvalue weighted by Gasteiger charge is -2.28. The van der Waals surface area contributed by atoms with Crippen LogP contribution in [0.4, 0.5) is 49.6 Å². The van der Waals surface area contributed by atoms with Gasteiger partial charge in [-0.15, -0.1) is 0 Å². The number of fused-ring (bicyclic) bond motifs is 2. The molecule has 0 unspecified atom stereocenters. The van der Waals surface area contributed by atoms with E-state index in [0.29, 0.717) is 17.0 Å². The summed E-state index contributed by atoms with van der Waals surface area (Å²) >= 11 is 0. The number of alkyl halides is 5. The summed E-state index contributed by atoms with van der Waals surface area (Å²) in [4.78, 5) is 34.6. The van der Waals surface area contributed by atoms with Gasteiger partial charge in [-0.25, -0.2) is 32.7 Å². The second-order valence-corrected chi connectivity index (χ2v) is 15.1. The highest BCUT2D eigenvalue weighted by Gasteiger charge is 2.37. The van der Waals surface area contributed by atoms with E-state index in [1.807, 2.05) is 0 Å². The molecule has 0 bridgehead atoms. The van der Waals surface area contributed by atoms with Crippen molar-refractivity contribution >= 4 is 57.3 Å². The van der Waals surface area contributed by atoms with E-state index in [-0.39, 0.29) is 74.2 Å². The predicted octanol–water partition coefficient (Wildman–Crippen LogP) is 11.1. The van der Waals surface area contributed by atoms with Crippen LogP contribution in [0.3, 0.4) is 0 Å². The number of hydrogen-bond acceptors (Lipinski definition) is 8. The molecule has 0 saturated carbocycles. The minimum atomic E-state index is -4.73. The van der Waals surface area contributed by atoms with Crippen LogP contribution in [-0.2, 0) is 25.2 Å². The molecule has 338 valence electrons. The summed E-state index contributed by atoms with van der Waals surface area (Å²) in [6.45, 7) is -1.07. The van der Waals surface area contributed by atoms with Crippen molar-refractivity contribution in [3.8, 4) is 11.5 Å². The Bertz CT molecular complexity index is 3110. The van der Waals surface area contributed by atoms with Crippen LogP contribution in [0.25, 0.3) is 22.1 Å². The topological polar surface area (TPSA) is 144 Å². The molecule has 0 aliphatic rings. The van der Waals surface area contributed by atoms with Gasteiger partial charge in [-0.05, 0) is 90.0 Å². The van der Waals surface area contributed by atoms with Crippen LogP contribution in [0.1, 0.15) is 49.4 Å². The molecule has 6 aromatic carbocycles. The van der Waals surface area contributed by atoms with E-state index in [1.165, 1.54) is 109 Å². The second-order valence-electron chi connectivity index (χ2n) is 15.1. The third-order valence-electron chi connectivity index (χ3n) is 11.0. The minimum absolute atomic E-state index is 0.0155. The highest BCUT2D eigenvalue weighted by atomic mass is 19.4. The number of carbonyl (C=O) groups is 2. The van der Waals surface area contributed by atoms with Gasteiger partial charge in [0.15, 0.2) is 11.6 Å². The van der Waals surface area contributed by atoms with Crippen LogP contribution in [0.5, 0.6) is 11.5 Å². The van der Waals surface area contributed by atoms with E-state index in [1.54, 1.807) is 34.9 Å². The summed E-state index contributed by atoms with van der Waals surface area (Å²) in [7, 11) is 2.76. The lowest BCUT2D eigenvalue weighted by molar-refractivity contribution is -0.138. The maximum absolute atomic E-state index is 17.1. The highest BCUT2D eigenvalue weighted by Crippen LogP contribution is 2.40. The van der Waals surface area contributed by atoms with Gasteiger partial charge in [-0.1, -0.05) is 42.5 Å². The number of carboxylic acid groups (broad SMARTS) is 2. The smallest absolute Gasteiger partial charge is 0.416 e. The average Bonchev–Trinajstić information content (AvgIpc) is 3.82. The Morgan fingerprint density at radius 1 is 0.682 bits per heavy atom. The molecule has 2 aromatic heterocycles. The van der Waals surface area contributed by atoms with E-state index in [9.17, 15) is 37.4 Å². The van der Waals surface area contributed by atoms with Crippen LogP contribution in [0, 0.1) is 5.82 Å². The molecule has 8 aromatic rings.